The quantitative estimate of drug-likeness (QED) is 0.698. The van der Waals surface area contributed by atoms with Crippen molar-refractivity contribution in [3.8, 4) is 0 Å². The first-order chi connectivity index (χ1) is 6.90. The summed E-state index contributed by atoms with van der Waals surface area (Å²) in [5.74, 6) is 0.446. The summed E-state index contributed by atoms with van der Waals surface area (Å²) in [4.78, 5) is 4.16. The summed E-state index contributed by atoms with van der Waals surface area (Å²) in [5.41, 5.74) is 0.885. The molecule has 14 heavy (non-hydrogen) atoms. The lowest BCUT2D eigenvalue weighted by Crippen LogP contribution is -2.16. The number of hydrogen-bond acceptors (Lipinski definition) is 3. The predicted octanol–water partition coefficient (Wildman–Crippen LogP) is 1.21. The van der Waals surface area contributed by atoms with Crippen molar-refractivity contribution in [2.75, 3.05) is 26.4 Å². The van der Waals surface area contributed by atoms with Gasteiger partial charge in [-0.2, -0.15) is 0 Å². The highest BCUT2D eigenvalue weighted by Gasteiger charge is 2.14. The zero-order valence-electron chi connectivity index (χ0n) is 7.86. The Morgan fingerprint density at radius 1 is 1.43 bits per heavy atom. The van der Waals surface area contributed by atoms with E-state index in [1.54, 1.807) is 6.33 Å². The second kappa shape index (κ2) is 4.77. The van der Waals surface area contributed by atoms with Gasteiger partial charge in [0.1, 0.15) is 0 Å². The highest BCUT2D eigenvalue weighted by molar-refractivity contribution is 6.16. The lowest BCUT2D eigenvalue weighted by atomic mass is 10.3. The molecule has 1 saturated heterocycles. The lowest BCUT2D eigenvalue weighted by molar-refractivity contribution is 0.103. The second-order valence-electron chi connectivity index (χ2n) is 3.25. The van der Waals surface area contributed by atoms with E-state index in [2.05, 4.69) is 4.98 Å². The number of halogens is 1. The highest BCUT2D eigenvalue weighted by Crippen LogP contribution is 2.12. The molecule has 78 valence electrons. The summed E-state index contributed by atoms with van der Waals surface area (Å²) in [6, 6.07) is 0.224. The van der Waals surface area contributed by atoms with Crippen molar-refractivity contribution in [3.05, 3.63) is 18.2 Å². The summed E-state index contributed by atoms with van der Waals surface area (Å²) >= 11 is 5.67. The fourth-order valence-electron chi connectivity index (χ4n) is 1.43. The van der Waals surface area contributed by atoms with Gasteiger partial charge >= 0.3 is 0 Å². The molecule has 2 heterocycles. The van der Waals surface area contributed by atoms with E-state index in [1.807, 2.05) is 10.8 Å². The van der Waals surface area contributed by atoms with Crippen LogP contribution in [-0.2, 0) is 15.4 Å². The van der Waals surface area contributed by atoms with Gasteiger partial charge in [0, 0.05) is 6.20 Å². The van der Waals surface area contributed by atoms with Crippen molar-refractivity contribution in [2.45, 2.75) is 11.9 Å². The maximum atomic E-state index is 5.67. The van der Waals surface area contributed by atoms with Crippen LogP contribution in [0.2, 0.25) is 0 Å². The van der Waals surface area contributed by atoms with E-state index in [1.165, 1.54) is 0 Å². The van der Waals surface area contributed by atoms with Crippen LogP contribution in [0.5, 0.6) is 0 Å². The summed E-state index contributed by atoms with van der Waals surface area (Å²) in [5, 5.41) is 0. The number of ether oxygens (including phenoxy) is 2. The third-order valence-corrected chi connectivity index (χ3v) is 2.48. The monoisotopic (exact) mass is 216 g/mol. The standard InChI is InChI=1S/C9H13ClN2O2/c10-3-8-4-12(7-11-8)9-5-13-1-2-14-6-9/h4,7,9H,1-3,5-6H2. The van der Waals surface area contributed by atoms with Crippen LogP contribution in [0.15, 0.2) is 12.5 Å². The van der Waals surface area contributed by atoms with E-state index in [4.69, 9.17) is 21.1 Å². The Morgan fingerprint density at radius 3 is 2.71 bits per heavy atom. The zero-order valence-corrected chi connectivity index (χ0v) is 8.61. The molecule has 0 saturated carbocycles. The minimum Gasteiger partial charge on any atom is -0.377 e. The predicted molar refractivity (Wildman–Crippen MR) is 52.5 cm³/mol. The van der Waals surface area contributed by atoms with Gasteiger partial charge in [0.15, 0.2) is 0 Å². The normalized spacial score (nSPS) is 19.5. The molecule has 0 spiro atoms. The van der Waals surface area contributed by atoms with E-state index in [9.17, 15) is 0 Å². The third-order valence-electron chi connectivity index (χ3n) is 2.21. The maximum absolute atomic E-state index is 5.67. The Morgan fingerprint density at radius 2 is 2.14 bits per heavy atom. The molecule has 1 aromatic rings. The van der Waals surface area contributed by atoms with Gasteiger partial charge in [-0.05, 0) is 0 Å². The van der Waals surface area contributed by atoms with Crippen molar-refractivity contribution >= 4 is 11.6 Å². The summed E-state index contributed by atoms with van der Waals surface area (Å²) in [6.07, 6.45) is 3.72. The molecule has 0 atom stereocenters. The van der Waals surface area contributed by atoms with Crippen LogP contribution < -0.4 is 0 Å². The van der Waals surface area contributed by atoms with Crippen LogP contribution in [0, 0.1) is 0 Å². The fraction of sp³-hybridized carbons (Fsp3) is 0.667. The molecular formula is C9H13ClN2O2. The van der Waals surface area contributed by atoms with Crippen molar-refractivity contribution in [1.29, 1.82) is 0 Å². The van der Waals surface area contributed by atoms with Gasteiger partial charge in [-0.3, -0.25) is 0 Å². The molecule has 0 bridgehead atoms. The highest BCUT2D eigenvalue weighted by atomic mass is 35.5. The summed E-state index contributed by atoms with van der Waals surface area (Å²) < 4.78 is 12.8. The molecule has 0 aromatic carbocycles. The van der Waals surface area contributed by atoms with E-state index in [-0.39, 0.29) is 6.04 Å². The van der Waals surface area contributed by atoms with Crippen molar-refractivity contribution in [2.24, 2.45) is 0 Å². The topological polar surface area (TPSA) is 36.3 Å². The van der Waals surface area contributed by atoms with E-state index >= 15 is 0 Å². The molecule has 5 heteroatoms. The van der Waals surface area contributed by atoms with Crippen molar-refractivity contribution in [3.63, 3.8) is 0 Å². The van der Waals surface area contributed by atoms with Crippen LogP contribution in [0.4, 0.5) is 0 Å². The number of aromatic nitrogens is 2. The second-order valence-corrected chi connectivity index (χ2v) is 3.52. The van der Waals surface area contributed by atoms with Gasteiger partial charge in [-0.25, -0.2) is 4.98 Å². The first-order valence-electron chi connectivity index (χ1n) is 4.64. The van der Waals surface area contributed by atoms with Crippen molar-refractivity contribution < 1.29 is 9.47 Å². The van der Waals surface area contributed by atoms with Crippen molar-refractivity contribution in [1.82, 2.24) is 9.55 Å². The Balaban J connectivity index is 2.04. The van der Waals surface area contributed by atoms with Gasteiger partial charge in [-0.15, -0.1) is 11.6 Å². The number of hydrogen-bond donors (Lipinski definition) is 0. The Kier molecular flexibility index (Phi) is 3.39. The smallest absolute Gasteiger partial charge is 0.0954 e. The number of imidazole rings is 1. The molecule has 0 aliphatic carbocycles. The number of rotatable bonds is 2. The Bertz CT molecular complexity index is 282. The minimum atomic E-state index is 0.224. The Labute approximate surface area is 87.8 Å². The summed E-state index contributed by atoms with van der Waals surface area (Å²) in [6.45, 7) is 2.71. The van der Waals surface area contributed by atoms with Crippen LogP contribution in [-0.4, -0.2) is 36.0 Å². The molecule has 0 amide bonds. The maximum Gasteiger partial charge on any atom is 0.0954 e. The first kappa shape index (κ1) is 9.96. The van der Waals surface area contributed by atoms with Crippen LogP contribution in [0.25, 0.3) is 0 Å². The van der Waals surface area contributed by atoms with Crippen LogP contribution in [0.3, 0.4) is 0 Å². The van der Waals surface area contributed by atoms with Gasteiger partial charge in [0.2, 0.25) is 0 Å². The zero-order chi connectivity index (χ0) is 9.80. The largest absolute Gasteiger partial charge is 0.377 e. The molecule has 4 nitrogen and oxygen atoms in total. The van der Waals surface area contributed by atoms with Crippen LogP contribution in [0.1, 0.15) is 11.7 Å². The molecule has 1 fully saturated rings. The van der Waals surface area contributed by atoms with E-state index in [0.717, 1.165) is 5.69 Å². The molecular weight excluding hydrogens is 204 g/mol. The minimum absolute atomic E-state index is 0.224. The van der Waals surface area contributed by atoms with Crippen LogP contribution >= 0.6 is 11.6 Å². The molecule has 0 radical (unpaired) electrons. The molecule has 1 aliphatic heterocycles. The number of alkyl halides is 1. The molecule has 0 unspecified atom stereocenters. The van der Waals surface area contributed by atoms with E-state index < -0.39 is 0 Å². The van der Waals surface area contributed by atoms with Gasteiger partial charge in [-0.1, -0.05) is 0 Å². The van der Waals surface area contributed by atoms with Gasteiger partial charge < -0.3 is 14.0 Å². The average molecular weight is 217 g/mol. The molecule has 1 aliphatic rings. The molecule has 0 N–H and O–H groups in total. The fourth-order valence-corrected chi connectivity index (χ4v) is 1.56. The third kappa shape index (κ3) is 2.26. The first-order valence-corrected chi connectivity index (χ1v) is 5.17. The SMILES string of the molecule is ClCc1cn(C2COCCOC2)cn1. The summed E-state index contributed by atoms with van der Waals surface area (Å²) in [7, 11) is 0. The van der Waals surface area contributed by atoms with Gasteiger partial charge in [0.25, 0.3) is 0 Å². The molecule has 2 rings (SSSR count). The average Bonchev–Trinajstić information content (AvgIpc) is 2.53. The Hall–Kier alpha value is -0.580. The van der Waals surface area contributed by atoms with E-state index in [0.29, 0.717) is 32.3 Å². The lowest BCUT2D eigenvalue weighted by Gasteiger charge is -2.13. The van der Waals surface area contributed by atoms with Gasteiger partial charge in [0.05, 0.1) is 50.4 Å². The number of nitrogens with zero attached hydrogens (tertiary/aromatic N) is 2. The molecule has 1 aromatic heterocycles.